The van der Waals surface area contributed by atoms with Crippen LogP contribution in [0, 0.1) is 5.92 Å². The minimum absolute atomic E-state index is 0.0135. The normalized spacial score (nSPS) is 12.9. The number of unbranched alkanes of at least 4 members (excludes halogenated alkanes) is 1. The van der Waals surface area contributed by atoms with Crippen LogP contribution in [-0.2, 0) is 9.59 Å². The molecule has 0 spiro atoms. The molecule has 0 aliphatic carbocycles. The van der Waals surface area contributed by atoms with Crippen LogP contribution in [0.15, 0.2) is 24.3 Å². The third-order valence-corrected chi connectivity index (χ3v) is 5.45. The maximum atomic E-state index is 12.7. The number of hydrogen-bond acceptors (Lipinski definition) is 6. The Balaban J connectivity index is 2.05. The molecule has 28 heavy (non-hydrogen) atoms. The number of nitrogens with one attached hydrogen (secondary N) is 2. The van der Waals surface area contributed by atoms with E-state index in [1.807, 2.05) is 45.0 Å². The second kappa shape index (κ2) is 10.8. The van der Waals surface area contributed by atoms with E-state index in [1.54, 1.807) is 7.11 Å². The molecular formula is C20H28N4O3S. The van der Waals surface area contributed by atoms with E-state index in [1.165, 1.54) is 11.3 Å². The van der Waals surface area contributed by atoms with Crippen LogP contribution in [0.5, 0.6) is 5.75 Å². The first kappa shape index (κ1) is 21.8. The van der Waals surface area contributed by atoms with Crippen molar-refractivity contribution in [1.29, 1.82) is 0 Å². The molecule has 1 aromatic carbocycles. The Hall–Kier alpha value is -2.48. The molecule has 2 N–H and O–H groups in total. The standard InChI is InChI=1S/C20H28N4O3S/c1-5-7-8-16(25)21-17(13(3)6-2)18(26)22-20-24-23-19(28-20)14-9-11-15(27-4)12-10-14/h9-13,17H,5-8H2,1-4H3,(H,21,25)(H,22,24,26)/t13-,17-/m0/s1. The number of hydrogen-bond donors (Lipinski definition) is 2. The van der Waals surface area contributed by atoms with Gasteiger partial charge in [-0.05, 0) is 36.6 Å². The molecule has 7 nitrogen and oxygen atoms in total. The van der Waals surface area contributed by atoms with Gasteiger partial charge in [-0.25, -0.2) is 0 Å². The third kappa shape index (κ3) is 6.02. The quantitative estimate of drug-likeness (QED) is 0.627. The van der Waals surface area contributed by atoms with Gasteiger partial charge in [-0.2, -0.15) is 0 Å². The van der Waals surface area contributed by atoms with Crippen LogP contribution in [0.1, 0.15) is 46.5 Å². The van der Waals surface area contributed by atoms with Crippen LogP contribution in [0.3, 0.4) is 0 Å². The molecule has 2 atom stereocenters. The highest BCUT2D eigenvalue weighted by Crippen LogP contribution is 2.28. The molecule has 0 aliphatic heterocycles. The maximum Gasteiger partial charge on any atom is 0.249 e. The van der Waals surface area contributed by atoms with Gasteiger partial charge in [0.1, 0.15) is 16.8 Å². The molecule has 8 heteroatoms. The zero-order valence-electron chi connectivity index (χ0n) is 16.8. The Morgan fingerprint density at radius 2 is 1.89 bits per heavy atom. The van der Waals surface area contributed by atoms with E-state index in [9.17, 15) is 9.59 Å². The molecule has 0 saturated heterocycles. The summed E-state index contributed by atoms with van der Waals surface area (Å²) < 4.78 is 5.15. The van der Waals surface area contributed by atoms with E-state index in [4.69, 9.17) is 4.74 Å². The monoisotopic (exact) mass is 404 g/mol. The van der Waals surface area contributed by atoms with Crippen LogP contribution >= 0.6 is 11.3 Å². The minimum Gasteiger partial charge on any atom is -0.497 e. The SMILES string of the molecule is CCCCC(=O)N[C@H](C(=O)Nc1nnc(-c2ccc(OC)cc2)s1)[C@@H](C)CC. The highest BCUT2D eigenvalue weighted by Gasteiger charge is 2.26. The summed E-state index contributed by atoms with van der Waals surface area (Å²) in [6.07, 6.45) is 2.95. The first-order valence-corrected chi connectivity index (χ1v) is 10.4. The summed E-state index contributed by atoms with van der Waals surface area (Å²) >= 11 is 1.29. The fraction of sp³-hybridized carbons (Fsp3) is 0.500. The van der Waals surface area contributed by atoms with Crippen molar-refractivity contribution >= 4 is 28.3 Å². The highest BCUT2D eigenvalue weighted by atomic mass is 32.1. The number of aromatic nitrogens is 2. The Bertz CT molecular complexity index is 776. The molecule has 0 saturated carbocycles. The largest absolute Gasteiger partial charge is 0.497 e. The third-order valence-electron chi connectivity index (χ3n) is 4.56. The van der Waals surface area contributed by atoms with E-state index in [0.29, 0.717) is 16.6 Å². The van der Waals surface area contributed by atoms with Gasteiger partial charge in [0.05, 0.1) is 7.11 Å². The molecule has 1 aromatic heterocycles. The first-order valence-electron chi connectivity index (χ1n) is 9.56. The minimum atomic E-state index is -0.595. The number of anilines is 1. The average molecular weight is 405 g/mol. The molecule has 0 bridgehead atoms. The van der Waals surface area contributed by atoms with Gasteiger partial charge in [0.2, 0.25) is 16.9 Å². The summed E-state index contributed by atoms with van der Waals surface area (Å²) in [6, 6.07) is 6.88. The summed E-state index contributed by atoms with van der Waals surface area (Å²) in [5.74, 6) is 0.409. The number of nitrogens with zero attached hydrogens (tertiary/aromatic N) is 2. The zero-order valence-corrected chi connectivity index (χ0v) is 17.6. The van der Waals surface area contributed by atoms with Crippen molar-refractivity contribution in [1.82, 2.24) is 15.5 Å². The average Bonchev–Trinajstić information content (AvgIpc) is 3.18. The van der Waals surface area contributed by atoms with Crippen LogP contribution in [0.25, 0.3) is 10.6 Å². The van der Waals surface area contributed by atoms with Crippen molar-refractivity contribution in [3.63, 3.8) is 0 Å². The molecule has 2 rings (SSSR count). The molecule has 152 valence electrons. The van der Waals surface area contributed by atoms with Gasteiger partial charge >= 0.3 is 0 Å². The van der Waals surface area contributed by atoms with E-state index < -0.39 is 6.04 Å². The number of rotatable bonds is 10. The van der Waals surface area contributed by atoms with Gasteiger partial charge in [0.15, 0.2) is 0 Å². The number of benzene rings is 1. The fourth-order valence-electron chi connectivity index (χ4n) is 2.59. The van der Waals surface area contributed by atoms with Gasteiger partial charge in [-0.3, -0.25) is 14.9 Å². The van der Waals surface area contributed by atoms with Crippen molar-refractivity contribution in [2.45, 2.75) is 52.5 Å². The number of carbonyl (C=O) groups excluding carboxylic acids is 2. The van der Waals surface area contributed by atoms with E-state index in [2.05, 4.69) is 20.8 Å². The second-order valence-corrected chi connectivity index (χ2v) is 7.64. The number of carbonyl (C=O) groups is 2. The Morgan fingerprint density at radius 1 is 1.18 bits per heavy atom. The summed E-state index contributed by atoms with van der Waals surface area (Å²) in [5.41, 5.74) is 0.894. The summed E-state index contributed by atoms with van der Waals surface area (Å²) in [6.45, 7) is 5.98. The highest BCUT2D eigenvalue weighted by molar-refractivity contribution is 7.18. The smallest absolute Gasteiger partial charge is 0.249 e. The van der Waals surface area contributed by atoms with Crippen molar-refractivity contribution < 1.29 is 14.3 Å². The summed E-state index contributed by atoms with van der Waals surface area (Å²) in [7, 11) is 1.61. The topological polar surface area (TPSA) is 93.2 Å². The maximum absolute atomic E-state index is 12.7. The molecule has 1 heterocycles. The first-order chi connectivity index (χ1) is 13.5. The number of ether oxygens (including phenoxy) is 1. The predicted octanol–water partition coefficient (Wildman–Crippen LogP) is 3.87. The molecular weight excluding hydrogens is 376 g/mol. The van der Waals surface area contributed by atoms with Crippen LogP contribution in [0.2, 0.25) is 0 Å². The Kier molecular flexibility index (Phi) is 8.38. The van der Waals surface area contributed by atoms with Gasteiger partial charge in [0, 0.05) is 12.0 Å². The lowest BCUT2D eigenvalue weighted by molar-refractivity contribution is -0.127. The van der Waals surface area contributed by atoms with Gasteiger partial charge < -0.3 is 10.1 Å². The number of methoxy groups -OCH3 is 1. The van der Waals surface area contributed by atoms with E-state index in [0.717, 1.165) is 30.6 Å². The summed E-state index contributed by atoms with van der Waals surface area (Å²) in [4.78, 5) is 24.9. The lowest BCUT2D eigenvalue weighted by Gasteiger charge is -2.22. The van der Waals surface area contributed by atoms with Gasteiger partial charge in [-0.1, -0.05) is 44.9 Å². The van der Waals surface area contributed by atoms with Crippen molar-refractivity contribution in [2.75, 3.05) is 12.4 Å². The lowest BCUT2D eigenvalue weighted by atomic mass is 9.98. The number of amides is 2. The van der Waals surface area contributed by atoms with Gasteiger partial charge in [0.25, 0.3) is 0 Å². The molecule has 0 aliphatic rings. The molecule has 0 unspecified atom stereocenters. The fourth-order valence-corrected chi connectivity index (χ4v) is 3.34. The van der Waals surface area contributed by atoms with Crippen molar-refractivity contribution in [2.24, 2.45) is 5.92 Å². The molecule has 2 aromatic rings. The lowest BCUT2D eigenvalue weighted by Crippen LogP contribution is -2.47. The van der Waals surface area contributed by atoms with E-state index in [-0.39, 0.29) is 17.7 Å². The predicted molar refractivity (Wildman–Crippen MR) is 111 cm³/mol. The van der Waals surface area contributed by atoms with Crippen LogP contribution in [-0.4, -0.2) is 35.2 Å². The molecule has 0 radical (unpaired) electrons. The van der Waals surface area contributed by atoms with Crippen LogP contribution < -0.4 is 15.4 Å². The summed E-state index contributed by atoms with van der Waals surface area (Å²) in [5, 5.41) is 15.0. The second-order valence-electron chi connectivity index (χ2n) is 6.66. The molecule has 0 fully saturated rings. The molecule has 2 amide bonds. The Labute approximate surface area is 169 Å². The van der Waals surface area contributed by atoms with Crippen molar-refractivity contribution in [3.05, 3.63) is 24.3 Å². The van der Waals surface area contributed by atoms with Crippen molar-refractivity contribution in [3.8, 4) is 16.3 Å². The zero-order chi connectivity index (χ0) is 20.5. The van der Waals surface area contributed by atoms with E-state index >= 15 is 0 Å². The Morgan fingerprint density at radius 3 is 2.50 bits per heavy atom. The van der Waals surface area contributed by atoms with Crippen LogP contribution in [0.4, 0.5) is 5.13 Å². The van der Waals surface area contributed by atoms with Gasteiger partial charge in [-0.15, -0.1) is 10.2 Å².